The second-order valence-electron chi connectivity index (χ2n) is 10.5. The molecule has 7 heteroatoms. The summed E-state index contributed by atoms with van der Waals surface area (Å²) < 4.78 is 0. The van der Waals surface area contributed by atoms with E-state index in [0.29, 0.717) is 0 Å². The first-order valence-corrected chi connectivity index (χ1v) is 13.5. The van der Waals surface area contributed by atoms with E-state index < -0.39 is 0 Å². The fourth-order valence-electron chi connectivity index (χ4n) is 5.23. The molecule has 0 bridgehead atoms. The quantitative estimate of drug-likeness (QED) is 0.283. The van der Waals surface area contributed by atoms with E-state index in [-0.39, 0.29) is 0 Å². The van der Waals surface area contributed by atoms with Crippen molar-refractivity contribution in [2.45, 2.75) is 19.8 Å². The summed E-state index contributed by atoms with van der Waals surface area (Å²) in [5.74, 6) is 0. The topological polar surface area (TPSA) is 67.1 Å². The molecule has 7 nitrogen and oxygen atoms in total. The second kappa shape index (κ2) is 11.4. The Hall–Kier alpha value is -3.68. The van der Waals surface area contributed by atoms with Crippen LogP contribution in [0.25, 0.3) is 38.9 Å². The molecule has 2 N–H and O–H groups in total. The molecule has 1 fully saturated rings. The smallest absolute Gasteiger partial charge is 0.181 e. The minimum absolute atomic E-state index is 0.719. The summed E-state index contributed by atoms with van der Waals surface area (Å²) in [4.78, 5) is 15.4. The third-order valence-electron chi connectivity index (χ3n) is 7.48. The minimum Gasteiger partial charge on any atom is -0.368 e. The highest BCUT2D eigenvalue weighted by atomic mass is 15.2. The van der Waals surface area contributed by atoms with Gasteiger partial charge >= 0.3 is 0 Å². The Labute approximate surface area is 225 Å². The zero-order chi connectivity index (χ0) is 26.6. The largest absolute Gasteiger partial charge is 0.368 e. The summed E-state index contributed by atoms with van der Waals surface area (Å²) in [7, 11) is 6.41. The molecule has 1 aromatic carbocycles. The Morgan fingerprint density at radius 3 is 2.68 bits per heavy atom. The molecule has 0 amide bonds. The number of nitrogens with zero attached hydrogens (tertiary/aromatic N) is 5. The lowest BCUT2D eigenvalue weighted by molar-refractivity contribution is 0.313. The SMILES string of the molecule is C=C/C(=C\C(=C/C)c1cnc2n[nH]c(-c3cc4c(N5CCN(C)CC5)cccc4[nH]3)c2c1)CCCN(C)C. The number of anilines is 1. The van der Waals surface area contributed by atoms with Crippen LogP contribution >= 0.6 is 0 Å². The van der Waals surface area contributed by atoms with Crippen molar-refractivity contribution >= 4 is 33.2 Å². The highest BCUT2D eigenvalue weighted by Gasteiger charge is 2.19. The molecule has 0 spiro atoms. The number of hydrogen-bond acceptors (Lipinski definition) is 5. The van der Waals surface area contributed by atoms with E-state index in [1.807, 2.05) is 12.3 Å². The van der Waals surface area contributed by atoms with Crippen molar-refractivity contribution in [2.24, 2.45) is 0 Å². The number of piperazine rings is 1. The number of nitrogens with one attached hydrogen (secondary N) is 2. The molecular weight excluding hydrogens is 470 g/mol. The maximum absolute atomic E-state index is 4.69. The first-order chi connectivity index (χ1) is 18.5. The van der Waals surface area contributed by atoms with Crippen molar-refractivity contribution in [3.63, 3.8) is 0 Å². The highest BCUT2D eigenvalue weighted by Crippen LogP contribution is 2.34. The van der Waals surface area contributed by atoms with Gasteiger partial charge in [0.05, 0.1) is 11.4 Å². The molecule has 1 aliphatic heterocycles. The summed E-state index contributed by atoms with van der Waals surface area (Å²) in [5.41, 5.74) is 8.57. The number of rotatable bonds is 9. The first-order valence-electron chi connectivity index (χ1n) is 13.5. The number of aromatic nitrogens is 4. The summed E-state index contributed by atoms with van der Waals surface area (Å²) in [6.07, 6.45) is 10.4. The number of pyridine rings is 1. The van der Waals surface area contributed by atoms with Crippen molar-refractivity contribution in [3.05, 3.63) is 72.5 Å². The first kappa shape index (κ1) is 25.9. The van der Waals surface area contributed by atoms with Gasteiger partial charge in [-0.25, -0.2) is 4.98 Å². The molecule has 0 unspecified atom stereocenters. The zero-order valence-electron chi connectivity index (χ0n) is 23.1. The number of fused-ring (bicyclic) bond motifs is 2. The van der Waals surface area contributed by atoms with Crippen LogP contribution in [0.2, 0.25) is 0 Å². The van der Waals surface area contributed by atoms with Gasteiger partial charge < -0.3 is 19.7 Å². The molecule has 38 heavy (non-hydrogen) atoms. The number of hydrogen-bond donors (Lipinski definition) is 2. The van der Waals surface area contributed by atoms with E-state index in [1.54, 1.807) is 0 Å². The molecule has 5 rings (SSSR count). The molecule has 3 aromatic heterocycles. The summed E-state index contributed by atoms with van der Waals surface area (Å²) in [5, 5.41) is 10.0. The Kier molecular flexibility index (Phi) is 7.77. The number of aromatic amines is 2. The van der Waals surface area contributed by atoms with Crippen LogP contribution in [-0.4, -0.2) is 83.8 Å². The van der Waals surface area contributed by atoms with Gasteiger partial charge in [0.25, 0.3) is 0 Å². The Morgan fingerprint density at radius 1 is 1.13 bits per heavy atom. The van der Waals surface area contributed by atoms with Crippen molar-refractivity contribution in [1.82, 2.24) is 30.0 Å². The average Bonchev–Trinajstić information content (AvgIpc) is 3.54. The highest BCUT2D eigenvalue weighted by molar-refractivity contribution is 6.00. The van der Waals surface area contributed by atoms with E-state index in [4.69, 9.17) is 4.98 Å². The molecule has 4 aromatic rings. The van der Waals surface area contributed by atoms with Crippen molar-refractivity contribution in [1.29, 1.82) is 0 Å². The zero-order valence-corrected chi connectivity index (χ0v) is 23.1. The van der Waals surface area contributed by atoms with Crippen LogP contribution in [0.3, 0.4) is 0 Å². The predicted molar refractivity (Wildman–Crippen MR) is 161 cm³/mol. The Balaban J connectivity index is 1.47. The van der Waals surface area contributed by atoms with Gasteiger partial charge in [0.15, 0.2) is 5.65 Å². The maximum atomic E-state index is 4.69. The van der Waals surface area contributed by atoms with Gasteiger partial charge in [-0.2, -0.15) is 5.10 Å². The summed E-state index contributed by atoms with van der Waals surface area (Å²) >= 11 is 0. The van der Waals surface area contributed by atoms with Crippen LogP contribution in [0.5, 0.6) is 0 Å². The third-order valence-corrected chi connectivity index (χ3v) is 7.48. The maximum Gasteiger partial charge on any atom is 0.181 e. The summed E-state index contributed by atoms with van der Waals surface area (Å²) in [6.45, 7) is 11.4. The van der Waals surface area contributed by atoms with E-state index in [0.717, 1.165) is 84.6 Å². The van der Waals surface area contributed by atoms with Crippen molar-refractivity contribution in [3.8, 4) is 11.4 Å². The third kappa shape index (κ3) is 5.44. The molecule has 0 radical (unpaired) electrons. The second-order valence-corrected chi connectivity index (χ2v) is 10.5. The fourth-order valence-corrected chi connectivity index (χ4v) is 5.23. The van der Waals surface area contributed by atoms with E-state index >= 15 is 0 Å². The lowest BCUT2D eigenvalue weighted by Crippen LogP contribution is -2.44. The van der Waals surface area contributed by atoms with E-state index in [9.17, 15) is 0 Å². The Morgan fingerprint density at radius 2 is 1.95 bits per heavy atom. The van der Waals surface area contributed by atoms with Crippen molar-refractivity contribution < 1.29 is 0 Å². The molecule has 198 valence electrons. The molecule has 1 aliphatic rings. The van der Waals surface area contributed by atoms with Gasteiger partial charge in [-0.05, 0) is 82.9 Å². The summed E-state index contributed by atoms with van der Waals surface area (Å²) in [6, 6.07) is 11.0. The number of likely N-dealkylation sites (N-methyl/N-ethyl adjacent to an activating group) is 1. The molecule has 1 saturated heterocycles. The van der Waals surface area contributed by atoms with Crippen LogP contribution in [0.1, 0.15) is 25.3 Å². The normalized spacial score (nSPS) is 15.8. The lowest BCUT2D eigenvalue weighted by atomic mass is 10.0. The number of benzene rings is 1. The molecule has 0 saturated carbocycles. The lowest BCUT2D eigenvalue weighted by Gasteiger charge is -2.34. The molecule has 0 atom stereocenters. The standard InChI is InChI=1S/C31H39N7/c1-6-22(10-9-13-36(3)4)18-23(7-2)24-19-26-30(34-35-31(26)32-21-24)28-20-25-27(33-28)11-8-12-29(25)38-16-14-37(5)15-17-38/h6-8,11-12,18-21,33H,1,9-10,13-17H2,2-5H3,(H,32,34,35)/b22-18+,23-7+. The van der Waals surface area contributed by atoms with Crippen LogP contribution in [0.15, 0.2) is 66.9 Å². The van der Waals surface area contributed by atoms with Crippen LogP contribution in [-0.2, 0) is 0 Å². The minimum atomic E-state index is 0.719. The molecule has 0 aliphatic carbocycles. The van der Waals surface area contributed by atoms with E-state index in [2.05, 4.69) is 107 Å². The van der Waals surface area contributed by atoms with Gasteiger partial charge in [-0.3, -0.25) is 5.10 Å². The van der Waals surface area contributed by atoms with Crippen molar-refractivity contribution in [2.75, 3.05) is 58.8 Å². The van der Waals surface area contributed by atoms with E-state index in [1.165, 1.54) is 16.6 Å². The number of H-pyrrole nitrogens is 2. The van der Waals surface area contributed by atoms with Gasteiger partial charge in [-0.1, -0.05) is 30.9 Å². The van der Waals surface area contributed by atoms with Gasteiger partial charge in [-0.15, -0.1) is 0 Å². The average molecular weight is 510 g/mol. The van der Waals surface area contributed by atoms with Crippen LogP contribution in [0.4, 0.5) is 5.69 Å². The molecule has 4 heterocycles. The fraction of sp³-hybridized carbons (Fsp3) is 0.355. The monoisotopic (exact) mass is 509 g/mol. The van der Waals surface area contributed by atoms with Gasteiger partial charge in [0, 0.05) is 59.9 Å². The van der Waals surface area contributed by atoms with Crippen LogP contribution < -0.4 is 4.90 Å². The van der Waals surface area contributed by atoms with Crippen LogP contribution in [0, 0.1) is 0 Å². The van der Waals surface area contributed by atoms with Gasteiger partial charge in [0.1, 0.15) is 0 Å². The Bertz CT molecular complexity index is 1480. The number of allylic oxidation sites excluding steroid dienone is 5. The predicted octanol–water partition coefficient (Wildman–Crippen LogP) is 5.72. The molecular formula is C31H39N7. The van der Waals surface area contributed by atoms with Gasteiger partial charge in [0.2, 0.25) is 0 Å².